The Hall–Kier alpha value is -2.02. The molecular formula is C13H14F2N2O3. The predicted molar refractivity (Wildman–Crippen MR) is 67.5 cm³/mol. The number of rotatable bonds is 3. The van der Waals surface area contributed by atoms with Gasteiger partial charge in [0.05, 0.1) is 17.2 Å². The minimum Gasteiger partial charge on any atom is -0.478 e. The van der Waals surface area contributed by atoms with Gasteiger partial charge in [0, 0.05) is 12.6 Å². The third-order valence-electron chi connectivity index (χ3n) is 3.40. The molecule has 1 aliphatic heterocycles. The van der Waals surface area contributed by atoms with Crippen molar-refractivity contribution in [2.24, 2.45) is 11.8 Å². The molecule has 0 bridgehead atoms. The van der Waals surface area contributed by atoms with Gasteiger partial charge >= 0.3 is 5.97 Å². The highest BCUT2D eigenvalue weighted by Crippen LogP contribution is 2.23. The number of amides is 1. The maximum Gasteiger partial charge on any atom is 0.338 e. The summed E-state index contributed by atoms with van der Waals surface area (Å²) in [6, 6.07) is 1.24. The highest BCUT2D eigenvalue weighted by atomic mass is 19.1. The highest BCUT2D eigenvalue weighted by Gasteiger charge is 2.30. The Balaban J connectivity index is 2.22. The fourth-order valence-corrected chi connectivity index (χ4v) is 2.20. The van der Waals surface area contributed by atoms with E-state index in [1.807, 2.05) is 6.92 Å². The number of aromatic carboxylic acids is 1. The molecule has 0 radical (unpaired) electrons. The molecule has 0 saturated carbocycles. The van der Waals surface area contributed by atoms with Crippen LogP contribution in [0.3, 0.4) is 0 Å². The topological polar surface area (TPSA) is 78.4 Å². The van der Waals surface area contributed by atoms with Crippen molar-refractivity contribution in [2.75, 3.05) is 18.4 Å². The number of hydrogen-bond donors (Lipinski definition) is 3. The van der Waals surface area contributed by atoms with E-state index in [0.29, 0.717) is 19.2 Å². The number of carboxylic acid groups (broad SMARTS) is 1. The van der Waals surface area contributed by atoms with E-state index in [4.69, 9.17) is 5.11 Å². The first-order valence-electron chi connectivity index (χ1n) is 6.14. The average Bonchev–Trinajstić information content (AvgIpc) is 2.78. The maximum absolute atomic E-state index is 13.6. The summed E-state index contributed by atoms with van der Waals surface area (Å²) in [5, 5.41) is 14.1. The summed E-state index contributed by atoms with van der Waals surface area (Å²) in [4.78, 5) is 22.8. The van der Waals surface area contributed by atoms with Gasteiger partial charge in [-0.25, -0.2) is 13.6 Å². The van der Waals surface area contributed by atoms with Gasteiger partial charge in [-0.3, -0.25) is 4.79 Å². The smallest absolute Gasteiger partial charge is 0.338 e. The van der Waals surface area contributed by atoms with Gasteiger partial charge in [-0.15, -0.1) is 0 Å². The zero-order valence-corrected chi connectivity index (χ0v) is 10.7. The molecule has 3 N–H and O–H groups in total. The normalized spacial score (nSPS) is 21.8. The van der Waals surface area contributed by atoms with E-state index in [1.165, 1.54) is 0 Å². The molecule has 2 unspecified atom stereocenters. The number of hydrogen-bond acceptors (Lipinski definition) is 3. The van der Waals surface area contributed by atoms with Crippen LogP contribution in [0.5, 0.6) is 0 Å². The maximum atomic E-state index is 13.6. The van der Waals surface area contributed by atoms with Gasteiger partial charge in [0.1, 0.15) is 11.6 Å². The molecule has 1 heterocycles. The Morgan fingerprint density at radius 1 is 1.30 bits per heavy atom. The molecule has 1 saturated heterocycles. The van der Waals surface area contributed by atoms with E-state index >= 15 is 0 Å². The Morgan fingerprint density at radius 3 is 2.55 bits per heavy atom. The van der Waals surface area contributed by atoms with Crippen molar-refractivity contribution >= 4 is 17.6 Å². The number of benzene rings is 1. The fraction of sp³-hybridized carbons (Fsp3) is 0.385. The van der Waals surface area contributed by atoms with Crippen molar-refractivity contribution in [1.29, 1.82) is 0 Å². The lowest BCUT2D eigenvalue weighted by molar-refractivity contribution is -0.120. The minimum atomic E-state index is -1.52. The van der Waals surface area contributed by atoms with Gasteiger partial charge in [-0.2, -0.15) is 0 Å². The van der Waals surface area contributed by atoms with Crippen LogP contribution in [-0.4, -0.2) is 30.1 Å². The molecule has 5 nitrogen and oxygen atoms in total. The second-order valence-electron chi connectivity index (χ2n) is 4.85. The summed E-state index contributed by atoms with van der Waals surface area (Å²) in [5.41, 5.74) is -1.01. The SMILES string of the molecule is CC1CNCC1C(=O)Nc1cc(C(=O)O)c(F)cc1F. The quantitative estimate of drug-likeness (QED) is 0.785. The van der Waals surface area contributed by atoms with Gasteiger partial charge in [0.25, 0.3) is 0 Å². The number of nitrogens with one attached hydrogen (secondary N) is 2. The van der Waals surface area contributed by atoms with Crippen molar-refractivity contribution in [3.05, 3.63) is 29.3 Å². The highest BCUT2D eigenvalue weighted by molar-refractivity contribution is 5.95. The van der Waals surface area contributed by atoms with E-state index in [1.54, 1.807) is 0 Å². The minimum absolute atomic E-state index is 0.0949. The largest absolute Gasteiger partial charge is 0.478 e. The molecule has 0 aromatic heterocycles. The van der Waals surface area contributed by atoms with Gasteiger partial charge in [0.2, 0.25) is 5.91 Å². The van der Waals surface area contributed by atoms with Crippen molar-refractivity contribution in [1.82, 2.24) is 5.32 Å². The molecule has 20 heavy (non-hydrogen) atoms. The van der Waals surface area contributed by atoms with E-state index in [-0.39, 0.29) is 17.5 Å². The summed E-state index contributed by atoms with van der Waals surface area (Å²) in [6.07, 6.45) is 0. The molecule has 1 aromatic rings. The summed E-state index contributed by atoms with van der Waals surface area (Å²) in [6.45, 7) is 3.04. The van der Waals surface area contributed by atoms with Crippen LogP contribution >= 0.6 is 0 Å². The molecule has 0 spiro atoms. The lowest BCUT2D eigenvalue weighted by Gasteiger charge is -2.15. The lowest BCUT2D eigenvalue weighted by atomic mass is 9.97. The summed E-state index contributed by atoms with van der Waals surface area (Å²) in [5.74, 6) is -4.34. The predicted octanol–water partition coefficient (Wildman–Crippen LogP) is 1.46. The van der Waals surface area contributed by atoms with E-state index in [9.17, 15) is 18.4 Å². The van der Waals surface area contributed by atoms with Crippen LogP contribution in [-0.2, 0) is 4.79 Å². The number of halogens is 2. The fourth-order valence-electron chi connectivity index (χ4n) is 2.20. The molecule has 1 aromatic carbocycles. The third-order valence-corrected chi connectivity index (χ3v) is 3.40. The Morgan fingerprint density at radius 2 is 2.00 bits per heavy atom. The standard InChI is InChI=1S/C13H14F2N2O3/c1-6-4-16-5-8(6)12(18)17-11-2-7(13(19)20)9(14)3-10(11)15/h2-3,6,8,16H,4-5H2,1H3,(H,17,18)(H,19,20). The lowest BCUT2D eigenvalue weighted by Crippen LogP contribution is -2.28. The number of anilines is 1. The van der Waals surface area contributed by atoms with E-state index < -0.39 is 29.1 Å². The van der Waals surface area contributed by atoms with Crippen LogP contribution in [0, 0.1) is 23.5 Å². The zero-order chi connectivity index (χ0) is 14.9. The first-order valence-corrected chi connectivity index (χ1v) is 6.14. The van der Waals surface area contributed by atoms with Crippen LogP contribution in [0.15, 0.2) is 12.1 Å². The zero-order valence-electron chi connectivity index (χ0n) is 10.7. The van der Waals surface area contributed by atoms with Gasteiger partial charge in [-0.05, 0) is 18.5 Å². The van der Waals surface area contributed by atoms with Gasteiger partial charge in [-0.1, -0.05) is 6.92 Å². The molecular weight excluding hydrogens is 270 g/mol. The van der Waals surface area contributed by atoms with Crippen LogP contribution in [0.25, 0.3) is 0 Å². The molecule has 1 fully saturated rings. The third kappa shape index (κ3) is 2.77. The summed E-state index contributed by atoms with van der Waals surface area (Å²) < 4.78 is 26.8. The van der Waals surface area contributed by atoms with Crippen LogP contribution < -0.4 is 10.6 Å². The molecule has 108 valence electrons. The molecule has 2 atom stereocenters. The first kappa shape index (κ1) is 14.4. The molecule has 2 rings (SSSR count). The van der Waals surface area contributed by atoms with Crippen molar-refractivity contribution in [3.63, 3.8) is 0 Å². The van der Waals surface area contributed by atoms with Gasteiger partial charge < -0.3 is 15.7 Å². The van der Waals surface area contributed by atoms with Gasteiger partial charge in [0.15, 0.2) is 0 Å². The summed E-state index contributed by atoms with van der Waals surface area (Å²) >= 11 is 0. The monoisotopic (exact) mass is 284 g/mol. The second-order valence-corrected chi connectivity index (χ2v) is 4.85. The first-order chi connectivity index (χ1) is 9.40. The Kier molecular flexibility index (Phi) is 3.99. The van der Waals surface area contributed by atoms with Crippen LogP contribution in [0.2, 0.25) is 0 Å². The second kappa shape index (κ2) is 5.54. The van der Waals surface area contributed by atoms with E-state index in [2.05, 4.69) is 10.6 Å². The summed E-state index contributed by atoms with van der Waals surface area (Å²) in [7, 11) is 0. The van der Waals surface area contributed by atoms with Crippen molar-refractivity contribution < 1.29 is 23.5 Å². The Bertz CT molecular complexity index is 563. The Labute approximate surface area is 114 Å². The molecule has 7 heteroatoms. The van der Waals surface area contributed by atoms with Crippen molar-refractivity contribution in [3.8, 4) is 0 Å². The number of carbonyl (C=O) groups excluding carboxylic acids is 1. The van der Waals surface area contributed by atoms with Crippen LogP contribution in [0.4, 0.5) is 14.5 Å². The number of carboxylic acids is 1. The molecule has 0 aliphatic carbocycles. The van der Waals surface area contributed by atoms with E-state index in [0.717, 1.165) is 6.07 Å². The molecule has 1 aliphatic rings. The van der Waals surface area contributed by atoms with Crippen molar-refractivity contribution in [2.45, 2.75) is 6.92 Å². The van der Waals surface area contributed by atoms with Crippen LogP contribution in [0.1, 0.15) is 17.3 Å². The molecule has 1 amide bonds. The number of carbonyl (C=O) groups is 2. The average molecular weight is 284 g/mol.